The van der Waals surface area contributed by atoms with Gasteiger partial charge in [-0.2, -0.15) is 0 Å². The molecule has 2 heteroatoms. The molecular weight excluding hydrogens is 178 g/mol. The summed E-state index contributed by atoms with van der Waals surface area (Å²) in [7, 11) is 0. The average molecular weight is 195 g/mol. The molecule has 1 heterocycles. The molecular formula is C11H17NS. The van der Waals surface area contributed by atoms with Gasteiger partial charge in [0.2, 0.25) is 0 Å². The van der Waals surface area contributed by atoms with Crippen LogP contribution in [0.5, 0.6) is 0 Å². The van der Waals surface area contributed by atoms with Crippen molar-refractivity contribution >= 4 is 21.6 Å². The molecule has 0 saturated heterocycles. The van der Waals surface area contributed by atoms with Crippen LogP contribution in [0, 0.1) is 6.92 Å². The van der Waals surface area contributed by atoms with E-state index in [2.05, 4.69) is 11.1 Å². The highest BCUT2D eigenvalue weighted by Gasteiger charge is 1.95. The summed E-state index contributed by atoms with van der Waals surface area (Å²) in [5.74, 6) is 0. The third-order valence-corrected chi connectivity index (χ3v) is 2.35. The highest BCUT2D eigenvalue weighted by atomic mass is 32.1. The monoisotopic (exact) mass is 195 g/mol. The van der Waals surface area contributed by atoms with Crippen LogP contribution >= 0.6 is 11.3 Å². The molecule has 0 unspecified atom stereocenters. The molecule has 0 saturated carbocycles. The van der Waals surface area contributed by atoms with Gasteiger partial charge in [-0.05, 0) is 19.1 Å². The van der Waals surface area contributed by atoms with Gasteiger partial charge in [-0.15, -0.1) is 11.3 Å². The Bertz CT molecular complexity index is 319. The van der Waals surface area contributed by atoms with Crippen LogP contribution < -0.4 is 0 Å². The summed E-state index contributed by atoms with van der Waals surface area (Å²) in [5, 5.41) is 1.14. The summed E-state index contributed by atoms with van der Waals surface area (Å²) >= 11 is 1.74. The van der Waals surface area contributed by atoms with Gasteiger partial charge in [-0.25, -0.2) is 4.98 Å². The minimum Gasteiger partial charge on any atom is -0.242 e. The van der Waals surface area contributed by atoms with E-state index < -0.39 is 0 Å². The Kier molecular flexibility index (Phi) is 5.31. The zero-order valence-corrected chi connectivity index (χ0v) is 8.48. The molecule has 2 aromatic rings. The van der Waals surface area contributed by atoms with E-state index in [0.717, 1.165) is 10.5 Å². The summed E-state index contributed by atoms with van der Waals surface area (Å²) in [6.07, 6.45) is 0. The third-order valence-electron chi connectivity index (χ3n) is 1.40. The van der Waals surface area contributed by atoms with Gasteiger partial charge in [-0.1, -0.05) is 33.4 Å². The number of fused-ring (bicyclic) bond motifs is 1. The van der Waals surface area contributed by atoms with E-state index in [1.165, 1.54) is 4.70 Å². The predicted molar refractivity (Wildman–Crippen MR) is 62.4 cm³/mol. The Morgan fingerprint density at radius 3 is 2.38 bits per heavy atom. The van der Waals surface area contributed by atoms with Crippen molar-refractivity contribution in [3.05, 3.63) is 29.3 Å². The van der Waals surface area contributed by atoms with Crippen LogP contribution in [0.3, 0.4) is 0 Å². The maximum atomic E-state index is 4.33. The molecule has 1 aromatic carbocycles. The van der Waals surface area contributed by atoms with E-state index in [-0.39, 0.29) is 7.43 Å². The largest absolute Gasteiger partial charge is 0.242 e. The van der Waals surface area contributed by atoms with Crippen molar-refractivity contribution in [1.29, 1.82) is 0 Å². The lowest BCUT2D eigenvalue weighted by Gasteiger charge is -1.80. The summed E-state index contributed by atoms with van der Waals surface area (Å²) in [4.78, 5) is 4.33. The summed E-state index contributed by atoms with van der Waals surface area (Å²) in [5.41, 5.74) is 1.12. The van der Waals surface area contributed by atoms with Gasteiger partial charge in [0.15, 0.2) is 0 Å². The highest BCUT2D eigenvalue weighted by molar-refractivity contribution is 7.18. The lowest BCUT2D eigenvalue weighted by molar-refractivity contribution is 1.35. The SMILES string of the molecule is C.CC.Cc1nc2ccccc2s1. The molecule has 72 valence electrons. The van der Waals surface area contributed by atoms with Gasteiger partial charge in [0, 0.05) is 0 Å². The van der Waals surface area contributed by atoms with Crippen LogP contribution in [-0.2, 0) is 0 Å². The van der Waals surface area contributed by atoms with Gasteiger partial charge in [0.05, 0.1) is 15.2 Å². The molecule has 0 amide bonds. The number of nitrogens with zero attached hydrogens (tertiary/aromatic N) is 1. The van der Waals surface area contributed by atoms with Crippen LogP contribution in [0.15, 0.2) is 24.3 Å². The lowest BCUT2D eigenvalue weighted by Crippen LogP contribution is -1.65. The Morgan fingerprint density at radius 2 is 1.77 bits per heavy atom. The Morgan fingerprint density at radius 1 is 1.15 bits per heavy atom. The van der Waals surface area contributed by atoms with Crippen molar-refractivity contribution in [1.82, 2.24) is 4.98 Å². The normalized spacial score (nSPS) is 8.54. The molecule has 2 rings (SSSR count). The van der Waals surface area contributed by atoms with E-state index >= 15 is 0 Å². The van der Waals surface area contributed by atoms with Crippen molar-refractivity contribution in [2.24, 2.45) is 0 Å². The number of hydrogen-bond acceptors (Lipinski definition) is 2. The molecule has 0 bridgehead atoms. The molecule has 0 N–H and O–H groups in total. The topological polar surface area (TPSA) is 12.9 Å². The molecule has 0 atom stereocenters. The van der Waals surface area contributed by atoms with Crippen LogP contribution in [0.1, 0.15) is 26.3 Å². The maximum absolute atomic E-state index is 4.33. The molecule has 0 fully saturated rings. The van der Waals surface area contributed by atoms with E-state index in [9.17, 15) is 0 Å². The van der Waals surface area contributed by atoms with E-state index in [0.29, 0.717) is 0 Å². The number of aryl methyl sites for hydroxylation is 1. The second-order valence-electron chi connectivity index (χ2n) is 2.20. The summed E-state index contributed by atoms with van der Waals surface area (Å²) < 4.78 is 1.28. The fraction of sp³-hybridized carbons (Fsp3) is 0.364. The number of aromatic nitrogens is 1. The molecule has 13 heavy (non-hydrogen) atoms. The Labute approximate surface area is 84.4 Å². The lowest BCUT2D eigenvalue weighted by atomic mass is 10.3. The first-order chi connectivity index (χ1) is 5.86. The van der Waals surface area contributed by atoms with Gasteiger partial charge < -0.3 is 0 Å². The van der Waals surface area contributed by atoms with E-state index in [1.807, 2.05) is 39.0 Å². The van der Waals surface area contributed by atoms with Crippen LogP contribution in [0.4, 0.5) is 0 Å². The quantitative estimate of drug-likeness (QED) is 0.612. The van der Waals surface area contributed by atoms with Gasteiger partial charge in [0.1, 0.15) is 0 Å². The third kappa shape index (κ3) is 2.81. The maximum Gasteiger partial charge on any atom is 0.0907 e. The molecule has 0 aliphatic carbocycles. The molecule has 0 aliphatic rings. The van der Waals surface area contributed by atoms with Crippen LogP contribution in [-0.4, -0.2) is 4.98 Å². The zero-order valence-electron chi connectivity index (χ0n) is 7.66. The van der Waals surface area contributed by atoms with Crippen molar-refractivity contribution < 1.29 is 0 Å². The van der Waals surface area contributed by atoms with Gasteiger partial charge in [0.25, 0.3) is 0 Å². The second-order valence-corrected chi connectivity index (χ2v) is 3.44. The summed E-state index contributed by atoms with van der Waals surface area (Å²) in [6, 6.07) is 8.19. The smallest absolute Gasteiger partial charge is 0.0907 e. The van der Waals surface area contributed by atoms with Crippen molar-refractivity contribution in [3.8, 4) is 0 Å². The van der Waals surface area contributed by atoms with Gasteiger partial charge >= 0.3 is 0 Å². The Balaban J connectivity index is 0.000000451. The Hall–Kier alpha value is -0.890. The number of thiazole rings is 1. The fourth-order valence-corrected chi connectivity index (χ4v) is 1.81. The number of benzene rings is 1. The first kappa shape index (κ1) is 12.1. The minimum atomic E-state index is 0. The first-order valence-corrected chi connectivity index (χ1v) is 5.00. The van der Waals surface area contributed by atoms with Crippen molar-refractivity contribution in [3.63, 3.8) is 0 Å². The van der Waals surface area contributed by atoms with Gasteiger partial charge in [-0.3, -0.25) is 0 Å². The highest BCUT2D eigenvalue weighted by Crippen LogP contribution is 2.19. The number of para-hydroxylation sites is 1. The molecule has 1 nitrogen and oxygen atoms in total. The van der Waals surface area contributed by atoms with E-state index in [4.69, 9.17) is 0 Å². The van der Waals surface area contributed by atoms with E-state index in [1.54, 1.807) is 11.3 Å². The molecule has 0 aliphatic heterocycles. The fourth-order valence-electron chi connectivity index (χ4n) is 0.987. The number of rotatable bonds is 0. The molecule has 0 radical (unpaired) electrons. The predicted octanol–water partition coefficient (Wildman–Crippen LogP) is 4.27. The van der Waals surface area contributed by atoms with Crippen LogP contribution in [0.25, 0.3) is 10.2 Å². The van der Waals surface area contributed by atoms with Crippen molar-refractivity contribution in [2.45, 2.75) is 28.2 Å². The molecule has 0 spiro atoms. The van der Waals surface area contributed by atoms with Crippen molar-refractivity contribution in [2.75, 3.05) is 0 Å². The first-order valence-electron chi connectivity index (χ1n) is 4.18. The average Bonchev–Trinajstić information content (AvgIpc) is 2.48. The minimum absolute atomic E-state index is 0. The zero-order chi connectivity index (χ0) is 8.97. The van der Waals surface area contributed by atoms with Crippen LogP contribution in [0.2, 0.25) is 0 Å². The second kappa shape index (κ2) is 5.70. The molecule has 1 aromatic heterocycles. The summed E-state index contributed by atoms with van der Waals surface area (Å²) in [6.45, 7) is 6.03. The number of hydrogen-bond donors (Lipinski definition) is 0. The standard InChI is InChI=1S/C8H7NS.C2H6.CH4/c1-6-9-7-4-2-3-5-8(7)10-6;1-2;/h2-5H,1H3;1-2H3;1H4.